The first-order chi connectivity index (χ1) is 10.2. The molecule has 4 nitrogen and oxygen atoms in total. The van der Waals surface area contributed by atoms with E-state index in [1.165, 1.54) is 0 Å². The zero-order chi connectivity index (χ0) is 14.8. The van der Waals surface area contributed by atoms with Gasteiger partial charge < -0.3 is 5.11 Å². The molecule has 0 spiro atoms. The molecule has 2 atom stereocenters. The summed E-state index contributed by atoms with van der Waals surface area (Å²) in [5.74, 6) is -0.734. The SMILES string of the molecule is O=C(O)C1CCCN1C(c1ccncc1)c1ccc(Br)s1. The van der Waals surface area contributed by atoms with Gasteiger partial charge in [0.1, 0.15) is 6.04 Å². The molecule has 2 aromatic heterocycles. The van der Waals surface area contributed by atoms with Gasteiger partial charge in [0.05, 0.1) is 9.83 Å². The molecule has 6 heteroatoms. The molecule has 0 bridgehead atoms. The van der Waals surface area contributed by atoms with Crippen LogP contribution in [0.25, 0.3) is 0 Å². The third kappa shape index (κ3) is 3.02. The highest BCUT2D eigenvalue weighted by atomic mass is 79.9. The van der Waals surface area contributed by atoms with Crippen LogP contribution in [0.5, 0.6) is 0 Å². The zero-order valence-corrected chi connectivity index (χ0v) is 13.7. The third-order valence-electron chi connectivity index (χ3n) is 3.80. The van der Waals surface area contributed by atoms with Gasteiger partial charge in [-0.3, -0.25) is 14.7 Å². The van der Waals surface area contributed by atoms with Crippen molar-refractivity contribution in [3.05, 3.63) is 50.9 Å². The Balaban J connectivity index is 2.02. The molecule has 1 N–H and O–H groups in total. The van der Waals surface area contributed by atoms with Crippen LogP contribution in [-0.2, 0) is 4.79 Å². The monoisotopic (exact) mass is 366 g/mol. The quantitative estimate of drug-likeness (QED) is 0.898. The maximum atomic E-state index is 11.5. The fourth-order valence-electron chi connectivity index (χ4n) is 2.90. The van der Waals surface area contributed by atoms with Gasteiger partial charge in [-0.1, -0.05) is 0 Å². The molecule has 110 valence electrons. The summed E-state index contributed by atoms with van der Waals surface area (Å²) in [6, 6.07) is 7.58. The Kier molecular flexibility index (Phi) is 4.37. The van der Waals surface area contributed by atoms with E-state index in [4.69, 9.17) is 0 Å². The van der Waals surface area contributed by atoms with Crippen LogP contribution in [0.4, 0.5) is 0 Å². The first kappa shape index (κ1) is 14.7. The molecule has 0 saturated carbocycles. The summed E-state index contributed by atoms with van der Waals surface area (Å²) < 4.78 is 1.06. The first-order valence-electron chi connectivity index (χ1n) is 6.80. The predicted molar refractivity (Wildman–Crippen MR) is 85.5 cm³/mol. The molecule has 0 aromatic carbocycles. The van der Waals surface area contributed by atoms with Crippen LogP contribution in [0.2, 0.25) is 0 Å². The molecule has 21 heavy (non-hydrogen) atoms. The molecule has 0 amide bonds. The van der Waals surface area contributed by atoms with E-state index in [2.05, 4.69) is 31.9 Å². The Morgan fingerprint density at radius 2 is 2.14 bits per heavy atom. The summed E-state index contributed by atoms with van der Waals surface area (Å²) in [7, 11) is 0. The molecule has 1 fully saturated rings. The Morgan fingerprint density at radius 3 is 2.76 bits per heavy atom. The molecule has 3 heterocycles. The van der Waals surface area contributed by atoms with Crippen LogP contribution < -0.4 is 0 Å². The minimum Gasteiger partial charge on any atom is -0.480 e. The van der Waals surface area contributed by atoms with Crippen molar-refractivity contribution in [2.24, 2.45) is 0 Å². The normalized spacial score (nSPS) is 20.5. The van der Waals surface area contributed by atoms with Crippen molar-refractivity contribution in [2.75, 3.05) is 6.54 Å². The lowest BCUT2D eigenvalue weighted by atomic mass is 10.0. The number of halogens is 1. The van der Waals surface area contributed by atoms with E-state index in [0.717, 1.165) is 27.2 Å². The largest absolute Gasteiger partial charge is 0.480 e. The van der Waals surface area contributed by atoms with E-state index >= 15 is 0 Å². The fourth-order valence-corrected chi connectivity index (χ4v) is 4.48. The van der Waals surface area contributed by atoms with Crippen molar-refractivity contribution in [1.29, 1.82) is 0 Å². The number of rotatable bonds is 4. The van der Waals surface area contributed by atoms with Gasteiger partial charge in [-0.15, -0.1) is 11.3 Å². The van der Waals surface area contributed by atoms with Gasteiger partial charge in [-0.05, 0) is 58.6 Å². The number of aromatic nitrogens is 1. The molecule has 2 unspecified atom stereocenters. The van der Waals surface area contributed by atoms with Crippen molar-refractivity contribution in [3.8, 4) is 0 Å². The van der Waals surface area contributed by atoms with E-state index < -0.39 is 12.0 Å². The lowest BCUT2D eigenvalue weighted by molar-refractivity contribution is -0.142. The average molecular weight is 367 g/mol. The van der Waals surface area contributed by atoms with Crippen molar-refractivity contribution in [1.82, 2.24) is 9.88 Å². The van der Waals surface area contributed by atoms with Crippen LogP contribution in [-0.4, -0.2) is 33.5 Å². The summed E-state index contributed by atoms with van der Waals surface area (Å²) >= 11 is 5.15. The van der Waals surface area contributed by atoms with E-state index in [1.54, 1.807) is 23.7 Å². The summed E-state index contributed by atoms with van der Waals surface area (Å²) in [6.45, 7) is 0.805. The van der Waals surface area contributed by atoms with E-state index in [0.29, 0.717) is 6.42 Å². The van der Waals surface area contributed by atoms with Crippen LogP contribution in [0.1, 0.15) is 29.3 Å². The number of carboxylic acid groups (broad SMARTS) is 1. The van der Waals surface area contributed by atoms with Crippen molar-refractivity contribution in [2.45, 2.75) is 24.9 Å². The van der Waals surface area contributed by atoms with Crippen LogP contribution in [0, 0.1) is 0 Å². The Labute approximate surface area is 135 Å². The summed E-state index contributed by atoms with van der Waals surface area (Å²) in [5.41, 5.74) is 1.09. The second kappa shape index (κ2) is 6.25. The van der Waals surface area contributed by atoms with Crippen LogP contribution in [0.15, 0.2) is 40.4 Å². The minimum absolute atomic E-state index is 0.0205. The van der Waals surface area contributed by atoms with Gasteiger partial charge in [0.25, 0.3) is 0 Å². The number of thiophene rings is 1. The number of carboxylic acids is 1. The number of aliphatic carboxylic acids is 1. The van der Waals surface area contributed by atoms with Gasteiger partial charge >= 0.3 is 5.97 Å². The molecule has 2 aromatic rings. The van der Waals surface area contributed by atoms with Crippen LogP contribution in [0.3, 0.4) is 0 Å². The standard InChI is InChI=1S/C15H15BrN2O2S/c16-13-4-3-12(21-13)14(10-5-7-17-8-6-10)18-9-1-2-11(18)15(19)20/h3-8,11,14H,1-2,9H2,(H,19,20). The van der Waals surface area contributed by atoms with Crippen molar-refractivity contribution < 1.29 is 9.90 Å². The highest BCUT2D eigenvalue weighted by molar-refractivity contribution is 9.11. The zero-order valence-electron chi connectivity index (χ0n) is 11.3. The smallest absolute Gasteiger partial charge is 0.320 e. The molecule has 1 aliphatic rings. The van der Waals surface area contributed by atoms with Crippen molar-refractivity contribution in [3.63, 3.8) is 0 Å². The van der Waals surface area contributed by atoms with Gasteiger partial charge in [0.15, 0.2) is 0 Å². The Morgan fingerprint density at radius 1 is 1.38 bits per heavy atom. The van der Waals surface area contributed by atoms with E-state index in [9.17, 15) is 9.90 Å². The molecule has 0 radical (unpaired) electrons. The van der Waals surface area contributed by atoms with E-state index in [-0.39, 0.29) is 6.04 Å². The summed E-state index contributed by atoms with van der Waals surface area (Å²) in [5, 5.41) is 9.47. The molecule has 0 aliphatic carbocycles. The number of likely N-dealkylation sites (tertiary alicyclic amines) is 1. The number of pyridine rings is 1. The fraction of sp³-hybridized carbons (Fsp3) is 0.333. The lowest BCUT2D eigenvalue weighted by Crippen LogP contribution is -2.39. The number of nitrogens with zero attached hydrogens (tertiary/aromatic N) is 2. The number of carbonyl (C=O) groups is 1. The molecule has 3 rings (SSSR count). The molecular weight excluding hydrogens is 352 g/mol. The van der Waals surface area contributed by atoms with Gasteiger partial charge in [0.2, 0.25) is 0 Å². The third-order valence-corrected chi connectivity index (χ3v) is 5.47. The summed E-state index contributed by atoms with van der Waals surface area (Å²) in [4.78, 5) is 18.8. The lowest BCUT2D eigenvalue weighted by Gasteiger charge is -2.30. The van der Waals surface area contributed by atoms with Gasteiger partial charge in [-0.25, -0.2) is 0 Å². The second-order valence-electron chi connectivity index (χ2n) is 5.06. The topological polar surface area (TPSA) is 53.4 Å². The van der Waals surface area contributed by atoms with Crippen molar-refractivity contribution >= 4 is 33.2 Å². The molecule has 1 saturated heterocycles. The predicted octanol–water partition coefficient (Wildman–Crippen LogP) is 3.54. The highest BCUT2D eigenvalue weighted by Gasteiger charge is 2.37. The molecule has 1 aliphatic heterocycles. The number of hydrogen-bond donors (Lipinski definition) is 1. The molecular formula is C15H15BrN2O2S. The van der Waals surface area contributed by atoms with Crippen LogP contribution >= 0.6 is 27.3 Å². The van der Waals surface area contributed by atoms with Gasteiger partial charge in [-0.2, -0.15) is 0 Å². The first-order valence-corrected chi connectivity index (χ1v) is 8.41. The second-order valence-corrected chi connectivity index (χ2v) is 7.55. The Bertz CT molecular complexity index is 632. The Hall–Kier alpha value is -1.24. The highest BCUT2D eigenvalue weighted by Crippen LogP contribution is 2.38. The average Bonchev–Trinajstić information content (AvgIpc) is 3.10. The maximum absolute atomic E-state index is 11.5. The van der Waals surface area contributed by atoms with E-state index in [1.807, 2.05) is 18.2 Å². The van der Waals surface area contributed by atoms with Gasteiger partial charge in [0, 0.05) is 23.8 Å². The maximum Gasteiger partial charge on any atom is 0.320 e. The number of hydrogen-bond acceptors (Lipinski definition) is 4. The summed E-state index contributed by atoms with van der Waals surface area (Å²) in [6.07, 6.45) is 5.15. The minimum atomic E-state index is -0.734.